The maximum absolute atomic E-state index is 12.6. The van der Waals surface area contributed by atoms with Crippen LogP contribution in [0.1, 0.15) is 36.2 Å². The molecule has 3 N–H and O–H groups in total. The Morgan fingerprint density at radius 1 is 1.11 bits per heavy atom. The molecule has 12 heteroatoms. The van der Waals surface area contributed by atoms with Gasteiger partial charge in [0.2, 0.25) is 5.91 Å². The lowest BCUT2D eigenvalue weighted by atomic mass is 10.1. The number of likely N-dealkylation sites (tertiary alicyclic amines) is 1. The molecule has 36 heavy (non-hydrogen) atoms. The molecule has 0 bridgehead atoms. The third-order valence-electron chi connectivity index (χ3n) is 5.94. The van der Waals surface area contributed by atoms with Crippen LogP contribution in [0.3, 0.4) is 0 Å². The van der Waals surface area contributed by atoms with Gasteiger partial charge < -0.3 is 25.6 Å². The lowest BCUT2D eigenvalue weighted by Gasteiger charge is -2.25. The van der Waals surface area contributed by atoms with E-state index in [1.54, 1.807) is 37.3 Å². The van der Waals surface area contributed by atoms with E-state index in [-0.39, 0.29) is 17.4 Å². The highest BCUT2D eigenvalue weighted by Gasteiger charge is 2.20. The van der Waals surface area contributed by atoms with E-state index < -0.39 is 5.91 Å². The molecule has 1 aromatic carbocycles. The van der Waals surface area contributed by atoms with Crippen LogP contribution < -0.4 is 20.7 Å². The Labute approximate surface area is 209 Å². The van der Waals surface area contributed by atoms with Crippen LogP contribution in [0.5, 0.6) is 5.75 Å². The topological polar surface area (TPSA) is 139 Å². The van der Waals surface area contributed by atoms with Gasteiger partial charge in [-0.05, 0) is 38.1 Å². The number of aryl methyl sites for hydroxylation is 1. The van der Waals surface area contributed by atoms with Crippen molar-refractivity contribution in [1.29, 1.82) is 0 Å². The van der Waals surface area contributed by atoms with Crippen LogP contribution in [0.4, 0.5) is 17.2 Å². The summed E-state index contributed by atoms with van der Waals surface area (Å²) in [6.45, 7) is 2.75. The highest BCUT2D eigenvalue weighted by Crippen LogP contribution is 2.37. The zero-order valence-electron chi connectivity index (χ0n) is 20.7. The van der Waals surface area contributed by atoms with Crippen LogP contribution >= 0.6 is 0 Å². The first-order valence-corrected chi connectivity index (χ1v) is 11.9. The number of carbonyl (C=O) groups is 2. The number of amides is 2. The molecule has 0 radical (unpaired) electrons. The van der Waals surface area contributed by atoms with Gasteiger partial charge in [0.05, 0.1) is 24.0 Å². The minimum atomic E-state index is -0.422. The van der Waals surface area contributed by atoms with E-state index in [4.69, 9.17) is 4.74 Å². The molecule has 190 valence electrons. The second kappa shape index (κ2) is 11.6. The third kappa shape index (κ3) is 5.95. The Bertz CT molecular complexity index is 1220. The molecule has 1 fully saturated rings. The molecule has 1 saturated heterocycles. The first kappa shape index (κ1) is 25.0. The average Bonchev–Trinajstić information content (AvgIpc) is 3.33. The summed E-state index contributed by atoms with van der Waals surface area (Å²) in [5.41, 5.74) is 1.69. The standard InChI is InChI=1S/C24H31N9O3/c1-25-24(35)21-18(14-19(29-30-21)28-20(34)10-13-33-11-5-4-6-12-33)27-17-9-7-8-16(22(17)36-3)23-26-15-32(2)31-23/h7-9,14-15H,4-6,10-13H2,1-3H3,(H,25,35)(H2,27,28,29,34). The summed E-state index contributed by atoms with van der Waals surface area (Å²) in [4.78, 5) is 31.6. The van der Waals surface area contributed by atoms with Gasteiger partial charge in [-0.3, -0.25) is 14.3 Å². The van der Waals surface area contributed by atoms with Gasteiger partial charge in [0, 0.05) is 33.1 Å². The number of anilines is 3. The maximum Gasteiger partial charge on any atom is 0.273 e. The Morgan fingerprint density at radius 3 is 2.61 bits per heavy atom. The molecule has 1 aliphatic rings. The first-order chi connectivity index (χ1) is 17.5. The summed E-state index contributed by atoms with van der Waals surface area (Å²) >= 11 is 0. The summed E-state index contributed by atoms with van der Waals surface area (Å²) in [5.74, 6) is 0.661. The number of methoxy groups -OCH3 is 1. The molecule has 3 heterocycles. The first-order valence-electron chi connectivity index (χ1n) is 11.9. The average molecular weight is 494 g/mol. The van der Waals surface area contributed by atoms with Crippen LogP contribution in [0.15, 0.2) is 30.6 Å². The van der Waals surface area contributed by atoms with Crippen LogP contribution in [0.25, 0.3) is 11.4 Å². The van der Waals surface area contributed by atoms with Crippen molar-refractivity contribution in [2.24, 2.45) is 7.05 Å². The monoisotopic (exact) mass is 493 g/mol. The number of rotatable bonds is 9. The van der Waals surface area contributed by atoms with Gasteiger partial charge in [0.1, 0.15) is 6.33 Å². The van der Waals surface area contributed by atoms with Crippen molar-refractivity contribution >= 4 is 29.0 Å². The van der Waals surface area contributed by atoms with Crippen LogP contribution in [-0.4, -0.2) is 75.5 Å². The van der Waals surface area contributed by atoms with Gasteiger partial charge in [0.15, 0.2) is 23.1 Å². The molecular weight excluding hydrogens is 462 g/mol. The summed E-state index contributed by atoms with van der Waals surface area (Å²) in [7, 11) is 4.84. The smallest absolute Gasteiger partial charge is 0.273 e. The summed E-state index contributed by atoms with van der Waals surface area (Å²) in [5, 5.41) is 21.0. The van der Waals surface area contributed by atoms with E-state index in [1.807, 2.05) is 12.1 Å². The van der Waals surface area contributed by atoms with Crippen molar-refractivity contribution in [2.75, 3.05) is 44.4 Å². The number of hydrogen-bond donors (Lipinski definition) is 3. The lowest BCUT2D eigenvalue weighted by Crippen LogP contribution is -2.32. The van der Waals surface area contributed by atoms with Crippen molar-refractivity contribution in [2.45, 2.75) is 25.7 Å². The molecule has 1 aliphatic heterocycles. The highest BCUT2D eigenvalue weighted by molar-refractivity contribution is 5.99. The molecule has 2 amide bonds. The zero-order valence-corrected chi connectivity index (χ0v) is 20.7. The third-order valence-corrected chi connectivity index (χ3v) is 5.94. The molecule has 0 atom stereocenters. The van der Waals surface area contributed by atoms with E-state index in [0.717, 1.165) is 13.1 Å². The maximum atomic E-state index is 12.6. The fourth-order valence-electron chi connectivity index (χ4n) is 4.12. The minimum absolute atomic E-state index is 0.0761. The van der Waals surface area contributed by atoms with Crippen molar-refractivity contribution in [3.63, 3.8) is 0 Å². The van der Waals surface area contributed by atoms with Crippen molar-refractivity contribution in [1.82, 2.24) is 35.2 Å². The Hall–Kier alpha value is -4.06. The zero-order chi connectivity index (χ0) is 25.5. The molecular formula is C24H31N9O3. The number of para-hydroxylation sites is 1. The second-order valence-electron chi connectivity index (χ2n) is 8.52. The Balaban J connectivity index is 1.56. The molecule has 2 aromatic heterocycles. The predicted molar refractivity (Wildman–Crippen MR) is 135 cm³/mol. The summed E-state index contributed by atoms with van der Waals surface area (Å²) < 4.78 is 7.26. The molecule has 0 aliphatic carbocycles. The van der Waals surface area contributed by atoms with Crippen molar-refractivity contribution < 1.29 is 14.3 Å². The normalized spacial score (nSPS) is 13.8. The number of benzene rings is 1. The highest BCUT2D eigenvalue weighted by atomic mass is 16.5. The molecule has 0 spiro atoms. The van der Waals surface area contributed by atoms with E-state index >= 15 is 0 Å². The molecule has 0 saturated carbocycles. The molecule has 0 unspecified atom stereocenters. The van der Waals surface area contributed by atoms with Gasteiger partial charge in [-0.1, -0.05) is 12.5 Å². The summed E-state index contributed by atoms with van der Waals surface area (Å²) in [6.07, 6.45) is 5.55. The van der Waals surface area contributed by atoms with Crippen molar-refractivity contribution in [3.8, 4) is 17.1 Å². The molecule has 4 rings (SSSR count). The number of piperidine rings is 1. The van der Waals surface area contributed by atoms with E-state index in [2.05, 4.69) is 41.1 Å². The lowest BCUT2D eigenvalue weighted by molar-refractivity contribution is -0.116. The fourth-order valence-corrected chi connectivity index (χ4v) is 4.12. The Kier molecular flexibility index (Phi) is 8.06. The van der Waals surface area contributed by atoms with E-state index in [0.29, 0.717) is 41.5 Å². The largest absolute Gasteiger partial charge is 0.494 e. The van der Waals surface area contributed by atoms with Gasteiger partial charge in [-0.15, -0.1) is 10.2 Å². The number of ether oxygens (including phenoxy) is 1. The number of carbonyl (C=O) groups excluding carboxylic acids is 2. The van der Waals surface area contributed by atoms with E-state index in [1.165, 1.54) is 26.3 Å². The van der Waals surface area contributed by atoms with E-state index in [9.17, 15) is 9.59 Å². The number of hydrogen-bond acceptors (Lipinski definition) is 9. The molecule has 3 aromatic rings. The van der Waals surface area contributed by atoms with Crippen LogP contribution in [0.2, 0.25) is 0 Å². The summed E-state index contributed by atoms with van der Waals surface area (Å²) in [6, 6.07) is 7.06. The number of aromatic nitrogens is 5. The van der Waals surface area contributed by atoms with Crippen molar-refractivity contribution in [3.05, 3.63) is 36.3 Å². The van der Waals surface area contributed by atoms with Crippen LogP contribution in [0, 0.1) is 0 Å². The number of nitrogens with one attached hydrogen (secondary N) is 3. The van der Waals surface area contributed by atoms with Gasteiger partial charge in [0.25, 0.3) is 5.91 Å². The number of nitrogens with zero attached hydrogens (tertiary/aromatic N) is 6. The quantitative estimate of drug-likeness (QED) is 0.409. The Morgan fingerprint density at radius 2 is 1.92 bits per heavy atom. The fraction of sp³-hybridized carbons (Fsp3) is 0.417. The van der Waals surface area contributed by atoms with Gasteiger partial charge >= 0.3 is 0 Å². The van der Waals surface area contributed by atoms with Crippen LogP contribution in [-0.2, 0) is 11.8 Å². The molecule has 12 nitrogen and oxygen atoms in total. The SMILES string of the molecule is CNC(=O)c1nnc(NC(=O)CCN2CCCCC2)cc1Nc1cccc(-c2ncn(C)n2)c1OC. The van der Waals surface area contributed by atoms with Gasteiger partial charge in [-0.25, -0.2) is 4.98 Å². The minimum Gasteiger partial charge on any atom is -0.494 e. The predicted octanol–water partition coefficient (Wildman–Crippen LogP) is 2.20. The second-order valence-corrected chi connectivity index (χ2v) is 8.52. The van der Waals surface area contributed by atoms with Gasteiger partial charge in [-0.2, -0.15) is 5.10 Å².